The van der Waals surface area contributed by atoms with Gasteiger partial charge in [-0.25, -0.2) is 48.1 Å². The Hall–Kier alpha value is -11.1. The summed E-state index contributed by atoms with van der Waals surface area (Å²) in [5, 5.41) is 46.4. The lowest BCUT2D eigenvalue weighted by atomic mass is 10.1. The molecule has 2 atom stereocenters. The molecule has 2 aliphatic heterocycles. The van der Waals surface area contributed by atoms with Gasteiger partial charge in [0.1, 0.15) is 34.3 Å². The van der Waals surface area contributed by atoms with Crippen molar-refractivity contribution < 1.29 is 58.0 Å². The van der Waals surface area contributed by atoms with Crippen molar-refractivity contribution in [2.45, 2.75) is 39.0 Å². The highest BCUT2D eigenvalue weighted by Gasteiger charge is 2.25. The Kier molecular flexibility index (Phi) is 14.5. The van der Waals surface area contributed by atoms with E-state index in [-0.39, 0.29) is 83.6 Å². The summed E-state index contributed by atoms with van der Waals surface area (Å²) in [6.45, 7) is 3.36. The van der Waals surface area contributed by atoms with Crippen LogP contribution >= 0.6 is 0 Å². The Morgan fingerprint density at radius 1 is 0.551 bits per heavy atom. The summed E-state index contributed by atoms with van der Waals surface area (Å²) in [7, 11) is 0. The molecule has 0 aliphatic carbocycles. The molecule has 28 nitrogen and oxygen atoms in total. The molecular weight excluding hydrogens is 1020 g/mol. The van der Waals surface area contributed by atoms with E-state index < -0.39 is 59.0 Å². The molecule has 4 aromatic heterocycles. The Morgan fingerprint density at radius 2 is 0.962 bits per heavy atom. The van der Waals surface area contributed by atoms with Gasteiger partial charge in [-0.1, -0.05) is 36.4 Å². The van der Waals surface area contributed by atoms with Crippen molar-refractivity contribution in [3.63, 3.8) is 0 Å². The summed E-state index contributed by atoms with van der Waals surface area (Å²) >= 11 is 0. The van der Waals surface area contributed by atoms with Crippen LogP contribution in [0.15, 0.2) is 107 Å². The van der Waals surface area contributed by atoms with E-state index in [0.29, 0.717) is 45.1 Å². The Morgan fingerprint density at radius 3 is 1.41 bits per heavy atom. The highest BCUT2D eigenvalue weighted by molar-refractivity contribution is 6.00. The minimum Gasteiger partial charge on any atom is -0.482 e. The molecule has 0 spiro atoms. The molecule has 2 aliphatic rings. The number of nitrogens with zero attached hydrogens (tertiary/aromatic N) is 6. The van der Waals surface area contributed by atoms with Crippen molar-refractivity contribution in [1.29, 1.82) is 0 Å². The molecule has 6 amide bonds. The van der Waals surface area contributed by atoms with Crippen LogP contribution < -0.4 is 52.8 Å². The number of ether oxygens (including phenoxy) is 2. The number of hydrogen-bond acceptors (Lipinski definition) is 16. The van der Waals surface area contributed by atoms with Crippen molar-refractivity contribution >= 4 is 70.3 Å². The second kappa shape index (κ2) is 21.8. The minimum atomic E-state index is -1.07. The normalized spacial score (nSPS) is 13.1. The van der Waals surface area contributed by atoms with Gasteiger partial charge in [0.2, 0.25) is 0 Å². The molecule has 10 rings (SSSR count). The summed E-state index contributed by atoms with van der Waals surface area (Å²) < 4.78 is 12.5. The average molecular weight is 1060 g/mol. The number of fused-ring (bicyclic) bond motifs is 4. The fourth-order valence-corrected chi connectivity index (χ4v) is 7.96. The van der Waals surface area contributed by atoms with Crippen molar-refractivity contribution in [3.05, 3.63) is 174 Å². The third kappa shape index (κ3) is 11.4. The molecular formula is C50H42N14O14. The summed E-state index contributed by atoms with van der Waals surface area (Å²) in [6.07, 6.45) is 0. The predicted molar refractivity (Wildman–Crippen MR) is 269 cm³/mol. The third-order valence-electron chi connectivity index (χ3n) is 12.0. The number of nitrogens with one attached hydrogen (secondary N) is 8. The van der Waals surface area contributed by atoms with Gasteiger partial charge < -0.3 is 51.6 Å². The van der Waals surface area contributed by atoms with Crippen molar-refractivity contribution in [2.24, 2.45) is 0 Å². The molecule has 0 radical (unpaired) electrons. The quantitative estimate of drug-likeness (QED) is 0.0741. The standard InChI is InChI=1S/2C25H21N7O7/c1-12(14-3-5-15(6-4-14)23(36)37)27-21(34)17-9-18(32-24(29-17)30-31-25(32)38)22(35)26-10-13-2-7-19-16(8-13)28-20(33)11-39-19;1-12(14-3-5-15(6-4-14)23(36)37)27-22(35)18-9-17(29-24-30-31-25(38)32(18)24)21(34)26-10-13-2-7-19-16(8-13)28-20(33)11-39-19/h2-9,12H,10-11H2,1H3,(H,26,35)(H,27,34)(H,28,33)(H,31,38)(H,36,37);2-9,12H,10-11H2,1H3,(H,26,34)(H,27,35)(H,28,33)(H,31,38)(H,36,37)/t2*12-/m11/s1. The van der Waals surface area contributed by atoms with Crippen LogP contribution in [0.25, 0.3) is 11.6 Å². The molecule has 10 N–H and O–H groups in total. The van der Waals surface area contributed by atoms with E-state index in [1.54, 1.807) is 74.5 Å². The van der Waals surface area contributed by atoms with Gasteiger partial charge in [0.05, 0.1) is 34.6 Å². The smallest absolute Gasteiger partial charge is 0.349 e. The zero-order chi connectivity index (χ0) is 55.4. The number of rotatable bonds is 14. The maximum absolute atomic E-state index is 13.2. The number of aromatic carboxylic acids is 2. The number of carbonyl (C=O) groups excluding carboxylic acids is 6. The summed E-state index contributed by atoms with van der Waals surface area (Å²) in [5.41, 5.74) is 1.68. The number of hydrogen-bond donors (Lipinski definition) is 10. The number of carbonyl (C=O) groups is 8. The van der Waals surface area contributed by atoms with Gasteiger partial charge >= 0.3 is 23.3 Å². The molecule has 0 unspecified atom stereocenters. The first-order valence-electron chi connectivity index (χ1n) is 23.3. The van der Waals surface area contributed by atoms with Gasteiger partial charge in [-0.05, 0) is 96.8 Å². The Balaban J connectivity index is 0.000000190. The molecule has 0 fully saturated rings. The third-order valence-corrected chi connectivity index (χ3v) is 12.0. The van der Waals surface area contributed by atoms with Gasteiger partial charge in [-0.3, -0.25) is 28.8 Å². The van der Waals surface area contributed by atoms with Gasteiger partial charge in [-0.15, -0.1) is 10.2 Å². The number of carboxylic acid groups (broad SMARTS) is 2. The fraction of sp³-hybridized carbons (Fsp3) is 0.160. The number of carboxylic acids is 2. The summed E-state index contributed by atoms with van der Waals surface area (Å²) in [4.78, 5) is 130. The van der Waals surface area contributed by atoms with Crippen LogP contribution in [0.4, 0.5) is 11.4 Å². The lowest BCUT2D eigenvalue weighted by Crippen LogP contribution is -2.32. The number of benzene rings is 4. The van der Waals surface area contributed by atoms with Gasteiger partial charge in [0, 0.05) is 13.1 Å². The van der Waals surface area contributed by atoms with Crippen LogP contribution in [0.2, 0.25) is 0 Å². The minimum absolute atomic E-state index is 0.0449. The van der Waals surface area contributed by atoms with Crippen LogP contribution in [0.5, 0.6) is 11.5 Å². The number of amides is 6. The maximum Gasteiger partial charge on any atom is 0.349 e. The van der Waals surface area contributed by atoms with E-state index in [1.807, 2.05) is 0 Å². The molecule has 0 bridgehead atoms. The largest absolute Gasteiger partial charge is 0.482 e. The maximum atomic E-state index is 13.2. The van der Waals surface area contributed by atoms with Crippen LogP contribution in [-0.2, 0) is 22.7 Å². The number of aromatic amines is 2. The zero-order valence-electron chi connectivity index (χ0n) is 40.7. The average Bonchev–Trinajstić information content (AvgIpc) is 4.10. The lowest BCUT2D eigenvalue weighted by molar-refractivity contribution is -0.119. The highest BCUT2D eigenvalue weighted by Crippen LogP contribution is 2.30. The number of aromatic nitrogens is 8. The molecule has 0 saturated heterocycles. The van der Waals surface area contributed by atoms with E-state index in [1.165, 1.54) is 36.4 Å². The second-order valence-corrected chi connectivity index (χ2v) is 17.3. The molecule has 4 aromatic carbocycles. The zero-order valence-corrected chi connectivity index (χ0v) is 40.7. The van der Waals surface area contributed by atoms with Crippen LogP contribution in [0.3, 0.4) is 0 Å². The molecule has 6 heterocycles. The van der Waals surface area contributed by atoms with Gasteiger partial charge in [0.25, 0.3) is 47.0 Å². The molecule has 396 valence electrons. The van der Waals surface area contributed by atoms with Crippen molar-refractivity contribution in [3.8, 4) is 11.5 Å². The van der Waals surface area contributed by atoms with E-state index in [0.717, 1.165) is 8.80 Å². The lowest BCUT2D eigenvalue weighted by Gasteiger charge is -2.18. The SMILES string of the molecule is C[C@@H](NC(=O)c1cc(C(=O)NCc2ccc3c(c2)NC(=O)CO3)n2c(=O)[nH]nc2n1)c1ccc(C(=O)O)cc1.C[C@@H](NC(=O)c1cc(C(=O)NCc2ccc3c(c2)NC(=O)CO3)nc2n[nH]c(=O)n12)c1ccc(C(=O)O)cc1. The van der Waals surface area contributed by atoms with Gasteiger partial charge in [0.15, 0.2) is 13.2 Å². The molecule has 78 heavy (non-hydrogen) atoms. The highest BCUT2D eigenvalue weighted by atomic mass is 16.5. The van der Waals surface area contributed by atoms with Crippen molar-refractivity contribution in [1.82, 2.24) is 60.4 Å². The Bertz CT molecular complexity index is 3880. The predicted octanol–water partition coefficient (Wildman–Crippen LogP) is 1.74. The first kappa shape index (κ1) is 51.8. The molecule has 0 saturated carbocycles. The summed E-state index contributed by atoms with van der Waals surface area (Å²) in [6, 6.07) is 23.3. The van der Waals surface area contributed by atoms with E-state index in [2.05, 4.69) is 62.3 Å². The monoisotopic (exact) mass is 1060 g/mol. The topological polar surface area (TPSA) is 394 Å². The van der Waals surface area contributed by atoms with Crippen LogP contribution in [0, 0.1) is 0 Å². The van der Waals surface area contributed by atoms with Crippen LogP contribution in [0.1, 0.15) is 111 Å². The van der Waals surface area contributed by atoms with E-state index >= 15 is 0 Å². The molecule has 28 heteroatoms. The first-order chi connectivity index (χ1) is 37.4. The fourth-order valence-electron chi connectivity index (χ4n) is 7.96. The molecule has 8 aromatic rings. The van der Waals surface area contributed by atoms with E-state index in [4.69, 9.17) is 19.7 Å². The van der Waals surface area contributed by atoms with Crippen molar-refractivity contribution in [2.75, 3.05) is 23.8 Å². The summed E-state index contributed by atoms with van der Waals surface area (Å²) in [5.74, 6) is -4.66. The number of anilines is 2. The number of H-pyrrole nitrogens is 2. The Labute approximate surface area is 436 Å². The van der Waals surface area contributed by atoms with Gasteiger partial charge in [-0.2, -0.15) is 0 Å². The van der Waals surface area contributed by atoms with Crippen LogP contribution in [-0.4, -0.2) is 110 Å². The first-order valence-corrected chi connectivity index (χ1v) is 23.3. The second-order valence-electron chi connectivity index (χ2n) is 17.3. The van der Waals surface area contributed by atoms with E-state index in [9.17, 15) is 47.9 Å².